The summed E-state index contributed by atoms with van der Waals surface area (Å²) in [6.45, 7) is 3.36. The first-order valence-electron chi connectivity index (χ1n) is 7.25. The maximum Gasteiger partial charge on any atom is 0.330 e. The number of benzene rings is 1. The van der Waals surface area contributed by atoms with Crippen LogP contribution >= 0.6 is 0 Å². The first-order chi connectivity index (χ1) is 10.2. The van der Waals surface area contributed by atoms with Crippen molar-refractivity contribution >= 4 is 23.3 Å². The quantitative estimate of drug-likeness (QED) is 0.786. The maximum absolute atomic E-state index is 12.2. The average Bonchev–Trinajstić information content (AvgIpc) is 2.62. The van der Waals surface area contributed by atoms with Gasteiger partial charge in [0.15, 0.2) is 0 Å². The molecular weight excluding hydrogens is 270 g/mol. The van der Waals surface area contributed by atoms with Crippen LogP contribution in [0.4, 0.5) is 11.4 Å². The summed E-state index contributed by atoms with van der Waals surface area (Å²) in [4.78, 5) is 26.3. The van der Waals surface area contributed by atoms with Crippen LogP contribution < -0.4 is 15.5 Å². The van der Waals surface area contributed by atoms with Gasteiger partial charge in [-0.2, -0.15) is 0 Å². The monoisotopic (exact) mass is 289 g/mol. The van der Waals surface area contributed by atoms with Crippen molar-refractivity contribution in [1.29, 1.82) is 0 Å². The Morgan fingerprint density at radius 2 is 2.19 bits per heavy atom. The summed E-state index contributed by atoms with van der Waals surface area (Å²) in [6, 6.07) is 7.14. The maximum atomic E-state index is 12.2. The molecule has 1 fully saturated rings. The number of nitrogens with one attached hydrogen (secondary N) is 2. The van der Waals surface area contributed by atoms with Crippen LogP contribution in [0.3, 0.4) is 0 Å². The summed E-state index contributed by atoms with van der Waals surface area (Å²) >= 11 is 0. The molecule has 6 nitrogen and oxygen atoms in total. The van der Waals surface area contributed by atoms with E-state index in [1.807, 2.05) is 29.2 Å². The highest BCUT2D eigenvalue weighted by atomic mass is 16.5. The molecule has 21 heavy (non-hydrogen) atoms. The van der Waals surface area contributed by atoms with Crippen LogP contribution in [0.5, 0.6) is 0 Å². The molecule has 1 amide bonds. The van der Waals surface area contributed by atoms with Crippen LogP contribution in [0.15, 0.2) is 24.3 Å². The number of nitrogens with zero attached hydrogens (tertiary/aromatic N) is 1. The van der Waals surface area contributed by atoms with E-state index in [1.165, 1.54) is 0 Å². The topological polar surface area (TPSA) is 70.7 Å². The minimum Gasteiger partial charge on any atom is -0.464 e. The fraction of sp³-hybridized carbons (Fsp3) is 0.467. The number of para-hydroxylation sites is 2. The number of hydrogen-bond donors (Lipinski definition) is 2. The first-order valence-corrected chi connectivity index (χ1v) is 7.25. The van der Waals surface area contributed by atoms with E-state index in [9.17, 15) is 9.59 Å². The minimum absolute atomic E-state index is 0.0266. The minimum atomic E-state index is -0.405. The van der Waals surface area contributed by atoms with Gasteiger partial charge in [0, 0.05) is 19.5 Å². The van der Waals surface area contributed by atoms with Gasteiger partial charge in [0.25, 0.3) is 0 Å². The fourth-order valence-corrected chi connectivity index (χ4v) is 3.03. The van der Waals surface area contributed by atoms with E-state index in [4.69, 9.17) is 4.74 Å². The summed E-state index contributed by atoms with van der Waals surface area (Å²) in [5.41, 5.74) is 1.63. The molecular formula is C15H19N3O3. The highest BCUT2D eigenvalue weighted by molar-refractivity contribution is 5.98. The van der Waals surface area contributed by atoms with Gasteiger partial charge >= 0.3 is 5.97 Å². The lowest BCUT2D eigenvalue weighted by Crippen LogP contribution is -2.61. The van der Waals surface area contributed by atoms with E-state index in [0.717, 1.165) is 11.4 Å². The first kappa shape index (κ1) is 13.9. The van der Waals surface area contributed by atoms with E-state index in [-0.39, 0.29) is 17.9 Å². The third-order valence-electron chi connectivity index (χ3n) is 3.88. The molecule has 0 aliphatic carbocycles. The Morgan fingerprint density at radius 3 is 3.00 bits per heavy atom. The van der Waals surface area contributed by atoms with E-state index in [1.54, 1.807) is 6.92 Å². The summed E-state index contributed by atoms with van der Waals surface area (Å²) in [5.74, 6) is -0.278. The number of hydrogen-bond acceptors (Lipinski definition) is 5. The Bertz CT molecular complexity index is 561. The highest BCUT2D eigenvalue weighted by Crippen LogP contribution is 2.34. The smallest absolute Gasteiger partial charge is 0.330 e. The van der Waals surface area contributed by atoms with Crippen molar-refractivity contribution in [2.24, 2.45) is 0 Å². The lowest BCUT2D eigenvalue weighted by molar-refractivity contribution is -0.145. The number of esters is 1. The van der Waals surface area contributed by atoms with Gasteiger partial charge in [-0.05, 0) is 19.1 Å². The number of carbonyl (C=O) groups is 2. The van der Waals surface area contributed by atoms with Crippen LogP contribution in [-0.4, -0.2) is 43.7 Å². The van der Waals surface area contributed by atoms with Gasteiger partial charge in [-0.15, -0.1) is 0 Å². The summed E-state index contributed by atoms with van der Waals surface area (Å²) < 4.78 is 5.19. The molecule has 112 valence electrons. The molecule has 1 aromatic rings. The summed E-state index contributed by atoms with van der Waals surface area (Å²) in [5, 5.41) is 6.14. The number of ether oxygens (including phenoxy) is 1. The van der Waals surface area contributed by atoms with Gasteiger partial charge in [0.1, 0.15) is 6.04 Å². The second-order valence-electron chi connectivity index (χ2n) is 5.26. The Hall–Kier alpha value is -2.08. The second-order valence-corrected chi connectivity index (χ2v) is 5.26. The number of rotatable bonds is 2. The van der Waals surface area contributed by atoms with Crippen molar-refractivity contribution in [3.8, 4) is 0 Å². The molecule has 1 saturated heterocycles. The third kappa shape index (κ3) is 2.58. The van der Waals surface area contributed by atoms with E-state index in [0.29, 0.717) is 26.1 Å². The molecule has 3 rings (SSSR count). The Balaban J connectivity index is 2.01. The molecule has 0 saturated carbocycles. The van der Waals surface area contributed by atoms with Crippen molar-refractivity contribution < 1.29 is 14.3 Å². The molecule has 2 unspecified atom stereocenters. The number of anilines is 2. The predicted molar refractivity (Wildman–Crippen MR) is 79.2 cm³/mol. The fourth-order valence-electron chi connectivity index (χ4n) is 3.03. The average molecular weight is 289 g/mol. The zero-order valence-corrected chi connectivity index (χ0v) is 12.0. The number of carbonyl (C=O) groups excluding carboxylic acids is 2. The normalized spacial score (nSPS) is 24.4. The lowest BCUT2D eigenvalue weighted by Gasteiger charge is -2.41. The Kier molecular flexibility index (Phi) is 3.79. The number of amides is 1. The van der Waals surface area contributed by atoms with Crippen molar-refractivity contribution in [3.63, 3.8) is 0 Å². The molecule has 0 radical (unpaired) electrons. The number of fused-ring (bicyclic) bond motifs is 3. The molecule has 2 atom stereocenters. The van der Waals surface area contributed by atoms with Crippen molar-refractivity contribution in [2.45, 2.75) is 25.4 Å². The lowest BCUT2D eigenvalue weighted by atomic mass is 10.0. The van der Waals surface area contributed by atoms with Crippen LogP contribution in [0.2, 0.25) is 0 Å². The van der Waals surface area contributed by atoms with Gasteiger partial charge < -0.3 is 20.3 Å². The Morgan fingerprint density at radius 1 is 1.38 bits per heavy atom. The second kappa shape index (κ2) is 5.73. The van der Waals surface area contributed by atoms with E-state index >= 15 is 0 Å². The summed E-state index contributed by atoms with van der Waals surface area (Å²) in [7, 11) is 0. The third-order valence-corrected chi connectivity index (χ3v) is 3.88. The van der Waals surface area contributed by atoms with Gasteiger partial charge in [-0.1, -0.05) is 12.1 Å². The molecule has 0 spiro atoms. The van der Waals surface area contributed by atoms with Gasteiger partial charge in [0.05, 0.1) is 24.0 Å². The van der Waals surface area contributed by atoms with E-state index in [2.05, 4.69) is 10.6 Å². The number of piperazine rings is 1. The molecule has 6 heteroatoms. The molecule has 2 aliphatic rings. The molecule has 2 aliphatic heterocycles. The van der Waals surface area contributed by atoms with Gasteiger partial charge in [0.2, 0.25) is 5.91 Å². The van der Waals surface area contributed by atoms with Crippen LogP contribution in [-0.2, 0) is 14.3 Å². The van der Waals surface area contributed by atoms with Crippen LogP contribution in [0.1, 0.15) is 13.3 Å². The molecule has 1 aromatic carbocycles. The van der Waals surface area contributed by atoms with Crippen molar-refractivity contribution in [2.75, 3.05) is 29.9 Å². The highest BCUT2D eigenvalue weighted by Gasteiger charge is 2.39. The summed E-state index contributed by atoms with van der Waals surface area (Å²) in [6.07, 6.45) is 0.359. The molecule has 2 N–H and O–H groups in total. The molecule has 2 heterocycles. The van der Waals surface area contributed by atoms with Gasteiger partial charge in [-0.3, -0.25) is 4.79 Å². The van der Waals surface area contributed by atoms with E-state index < -0.39 is 6.04 Å². The van der Waals surface area contributed by atoms with Crippen LogP contribution in [0, 0.1) is 0 Å². The zero-order chi connectivity index (χ0) is 14.8. The largest absolute Gasteiger partial charge is 0.464 e. The SMILES string of the molecule is CCOC(=O)C1CNCC2CC(=O)Nc3ccccc3N21. The zero-order valence-electron chi connectivity index (χ0n) is 12.0. The van der Waals surface area contributed by atoms with Crippen molar-refractivity contribution in [3.05, 3.63) is 24.3 Å². The Labute approximate surface area is 123 Å². The van der Waals surface area contributed by atoms with Gasteiger partial charge in [-0.25, -0.2) is 4.79 Å². The molecule has 0 bridgehead atoms. The standard InChI is InChI=1S/C15H19N3O3/c1-2-21-15(20)13-9-16-8-10-7-14(19)17-11-5-3-4-6-12(11)18(10)13/h3-6,10,13,16H,2,7-9H2,1H3,(H,17,19). The van der Waals surface area contributed by atoms with Crippen molar-refractivity contribution in [1.82, 2.24) is 5.32 Å². The molecule has 0 aromatic heterocycles. The van der Waals surface area contributed by atoms with Crippen LogP contribution in [0.25, 0.3) is 0 Å². The predicted octanol–water partition coefficient (Wildman–Crippen LogP) is 0.739.